The van der Waals surface area contributed by atoms with Gasteiger partial charge in [-0.05, 0) is 24.8 Å². The van der Waals surface area contributed by atoms with E-state index in [0.717, 1.165) is 29.6 Å². The zero-order chi connectivity index (χ0) is 11.0. The van der Waals surface area contributed by atoms with Crippen LogP contribution < -0.4 is 0 Å². The van der Waals surface area contributed by atoms with Crippen molar-refractivity contribution in [1.82, 2.24) is 9.97 Å². The number of rotatable bonds is 0. The van der Waals surface area contributed by atoms with Crippen molar-refractivity contribution < 1.29 is 0 Å². The molecule has 3 rings (SSSR count). The summed E-state index contributed by atoms with van der Waals surface area (Å²) >= 11 is 5.30. The second-order valence-corrected chi connectivity index (χ2v) is 4.46. The van der Waals surface area contributed by atoms with Crippen LogP contribution in [0.5, 0.6) is 0 Å². The summed E-state index contributed by atoms with van der Waals surface area (Å²) < 4.78 is 0.741. The van der Waals surface area contributed by atoms with Crippen molar-refractivity contribution in [2.45, 2.75) is 19.3 Å². The Kier molecular flexibility index (Phi) is 2.33. The summed E-state index contributed by atoms with van der Waals surface area (Å²) in [6, 6.07) is 8.53. The number of fused-ring (bicyclic) bond motifs is 3. The molecule has 3 heteroatoms. The lowest BCUT2D eigenvalue weighted by molar-refractivity contribution is 0.826. The number of aromatic nitrogens is 2. The predicted octanol–water partition coefficient (Wildman–Crippen LogP) is 3.29. The lowest BCUT2D eigenvalue weighted by atomic mass is 10.0. The van der Waals surface area contributed by atoms with Gasteiger partial charge >= 0.3 is 0 Å². The van der Waals surface area contributed by atoms with E-state index >= 15 is 0 Å². The minimum atomic E-state index is 0.741. The molecule has 2 nitrogen and oxygen atoms in total. The number of nitrogens with zero attached hydrogens (tertiary/aromatic N) is 1. The van der Waals surface area contributed by atoms with Crippen LogP contribution >= 0.6 is 12.2 Å². The molecular weight excluding hydrogens is 216 g/mol. The number of H-pyrrole nitrogens is 1. The summed E-state index contributed by atoms with van der Waals surface area (Å²) in [5.41, 5.74) is 5.04. The first-order valence-electron chi connectivity index (χ1n) is 5.51. The number of aromatic amines is 1. The van der Waals surface area contributed by atoms with Crippen molar-refractivity contribution in [2.24, 2.45) is 0 Å². The summed E-state index contributed by atoms with van der Waals surface area (Å²) in [5, 5.41) is 0. The molecule has 0 spiro atoms. The SMILES string of the molecule is S=c1nc[nH]c2c1CCCc1ccccc1-2. The molecule has 1 aliphatic carbocycles. The lowest BCUT2D eigenvalue weighted by Crippen LogP contribution is -1.94. The maximum absolute atomic E-state index is 5.30. The normalized spacial score (nSPS) is 13.8. The Morgan fingerprint density at radius 2 is 2.06 bits per heavy atom. The van der Waals surface area contributed by atoms with Gasteiger partial charge in [0.05, 0.1) is 12.0 Å². The molecule has 0 saturated heterocycles. The van der Waals surface area contributed by atoms with Crippen LogP contribution in [0.2, 0.25) is 0 Å². The second kappa shape index (κ2) is 3.83. The van der Waals surface area contributed by atoms with Crippen LogP contribution in [0.15, 0.2) is 30.6 Å². The zero-order valence-electron chi connectivity index (χ0n) is 8.86. The Balaban J connectivity index is 2.34. The van der Waals surface area contributed by atoms with E-state index < -0.39 is 0 Å². The van der Waals surface area contributed by atoms with E-state index in [9.17, 15) is 0 Å². The van der Waals surface area contributed by atoms with Crippen molar-refractivity contribution in [3.05, 3.63) is 46.4 Å². The van der Waals surface area contributed by atoms with Gasteiger partial charge in [-0.25, -0.2) is 4.98 Å². The van der Waals surface area contributed by atoms with Gasteiger partial charge in [-0.2, -0.15) is 0 Å². The molecule has 80 valence electrons. The van der Waals surface area contributed by atoms with Crippen LogP contribution in [-0.2, 0) is 12.8 Å². The van der Waals surface area contributed by atoms with E-state index in [1.807, 2.05) is 0 Å². The van der Waals surface area contributed by atoms with E-state index in [1.54, 1.807) is 6.33 Å². The first-order valence-corrected chi connectivity index (χ1v) is 5.92. The number of benzene rings is 1. The third-order valence-corrected chi connectivity index (χ3v) is 3.46. The van der Waals surface area contributed by atoms with Gasteiger partial charge in [0.15, 0.2) is 0 Å². The van der Waals surface area contributed by atoms with Crippen LogP contribution in [0.3, 0.4) is 0 Å². The zero-order valence-corrected chi connectivity index (χ0v) is 9.68. The smallest absolute Gasteiger partial charge is 0.133 e. The molecule has 2 aromatic rings. The largest absolute Gasteiger partial charge is 0.346 e. The van der Waals surface area contributed by atoms with E-state index in [0.29, 0.717) is 0 Å². The Hall–Kier alpha value is -1.48. The molecule has 0 fully saturated rings. The van der Waals surface area contributed by atoms with Gasteiger partial charge in [-0.15, -0.1) is 0 Å². The number of hydrogen-bond donors (Lipinski definition) is 1. The van der Waals surface area contributed by atoms with Crippen molar-refractivity contribution in [1.29, 1.82) is 0 Å². The van der Waals surface area contributed by atoms with Crippen molar-refractivity contribution in [3.8, 4) is 11.3 Å². The Morgan fingerprint density at radius 1 is 1.19 bits per heavy atom. The molecule has 16 heavy (non-hydrogen) atoms. The number of nitrogens with one attached hydrogen (secondary N) is 1. The molecule has 0 atom stereocenters. The van der Waals surface area contributed by atoms with Crippen LogP contribution in [0.25, 0.3) is 11.3 Å². The Morgan fingerprint density at radius 3 is 3.00 bits per heavy atom. The predicted molar refractivity (Wildman–Crippen MR) is 66.9 cm³/mol. The van der Waals surface area contributed by atoms with Crippen LogP contribution in [-0.4, -0.2) is 9.97 Å². The maximum Gasteiger partial charge on any atom is 0.133 e. The van der Waals surface area contributed by atoms with Gasteiger partial charge in [0.1, 0.15) is 4.64 Å². The highest BCUT2D eigenvalue weighted by Gasteiger charge is 2.15. The summed E-state index contributed by atoms with van der Waals surface area (Å²) in [7, 11) is 0. The Labute approximate surface area is 99.4 Å². The highest BCUT2D eigenvalue weighted by Crippen LogP contribution is 2.30. The minimum Gasteiger partial charge on any atom is -0.346 e. The molecule has 0 bridgehead atoms. The standard InChI is InChI=1S/C13H12N2S/c16-13-11-7-3-5-9-4-1-2-6-10(9)12(11)14-8-15-13/h1-2,4,6,8H,3,5,7H2,(H,14,15,16). The summed E-state index contributed by atoms with van der Waals surface area (Å²) in [4.78, 5) is 7.41. The molecule has 1 heterocycles. The fraction of sp³-hybridized carbons (Fsp3) is 0.231. The van der Waals surface area contributed by atoms with Gasteiger partial charge in [0, 0.05) is 11.1 Å². The molecule has 0 saturated carbocycles. The first kappa shape index (κ1) is 9.73. The number of hydrogen-bond acceptors (Lipinski definition) is 2. The van der Waals surface area contributed by atoms with Crippen LogP contribution in [0.1, 0.15) is 17.5 Å². The number of aryl methyl sites for hydroxylation is 1. The highest BCUT2D eigenvalue weighted by atomic mass is 32.1. The Bertz CT molecular complexity index is 586. The molecule has 1 aromatic carbocycles. The first-order chi connectivity index (χ1) is 7.86. The minimum absolute atomic E-state index is 0.741. The molecule has 0 unspecified atom stereocenters. The fourth-order valence-electron chi connectivity index (χ4n) is 2.34. The average Bonchev–Trinajstić information content (AvgIpc) is 2.50. The molecular formula is C13H12N2S. The van der Waals surface area contributed by atoms with Gasteiger partial charge in [0.2, 0.25) is 0 Å². The second-order valence-electron chi connectivity index (χ2n) is 4.07. The summed E-state index contributed by atoms with van der Waals surface area (Å²) in [5.74, 6) is 0. The summed E-state index contributed by atoms with van der Waals surface area (Å²) in [6.07, 6.45) is 4.98. The molecule has 1 aliphatic rings. The molecule has 1 aromatic heterocycles. The molecule has 0 amide bonds. The van der Waals surface area contributed by atoms with Gasteiger partial charge in [-0.1, -0.05) is 36.5 Å². The monoisotopic (exact) mass is 228 g/mol. The lowest BCUT2D eigenvalue weighted by Gasteiger charge is -2.08. The van der Waals surface area contributed by atoms with E-state index in [4.69, 9.17) is 12.2 Å². The van der Waals surface area contributed by atoms with Gasteiger partial charge < -0.3 is 4.98 Å². The van der Waals surface area contributed by atoms with Gasteiger partial charge in [-0.3, -0.25) is 0 Å². The molecule has 1 N–H and O–H groups in total. The van der Waals surface area contributed by atoms with E-state index in [1.165, 1.54) is 16.7 Å². The molecule has 0 radical (unpaired) electrons. The van der Waals surface area contributed by atoms with E-state index in [2.05, 4.69) is 34.2 Å². The van der Waals surface area contributed by atoms with Crippen molar-refractivity contribution >= 4 is 12.2 Å². The third kappa shape index (κ3) is 1.48. The quantitative estimate of drug-likeness (QED) is 0.701. The highest BCUT2D eigenvalue weighted by molar-refractivity contribution is 7.71. The van der Waals surface area contributed by atoms with Crippen LogP contribution in [0.4, 0.5) is 0 Å². The topological polar surface area (TPSA) is 28.7 Å². The van der Waals surface area contributed by atoms with Crippen LogP contribution in [0, 0.1) is 4.64 Å². The summed E-state index contributed by atoms with van der Waals surface area (Å²) in [6.45, 7) is 0. The average molecular weight is 228 g/mol. The van der Waals surface area contributed by atoms with Crippen molar-refractivity contribution in [2.75, 3.05) is 0 Å². The third-order valence-electron chi connectivity index (χ3n) is 3.11. The van der Waals surface area contributed by atoms with Crippen molar-refractivity contribution in [3.63, 3.8) is 0 Å². The van der Waals surface area contributed by atoms with E-state index in [-0.39, 0.29) is 0 Å². The molecule has 0 aliphatic heterocycles. The van der Waals surface area contributed by atoms with Gasteiger partial charge in [0.25, 0.3) is 0 Å². The fourth-order valence-corrected chi connectivity index (χ4v) is 2.59. The maximum atomic E-state index is 5.30.